The van der Waals surface area contributed by atoms with Crippen LogP contribution in [0.15, 0.2) is 30.3 Å². The van der Waals surface area contributed by atoms with Crippen molar-refractivity contribution >= 4 is 20.4 Å². The molecular formula is C24H41NO5Si. The average Bonchev–Trinajstić information content (AvgIpc) is 2.59. The van der Waals surface area contributed by atoms with Crippen molar-refractivity contribution < 1.29 is 23.5 Å². The van der Waals surface area contributed by atoms with Gasteiger partial charge in [-0.3, -0.25) is 4.79 Å². The second-order valence-electron chi connectivity index (χ2n) is 10.4. The van der Waals surface area contributed by atoms with Gasteiger partial charge in [0, 0.05) is 0 Å². The van der Waals surface area contributed by atoms with Gasteiger partial charge in [0.05, 0.1) is 25.2 Å². The van der Waals surface area contributed by atoms with E-state index in [2.05, 4.69) is 39.2 Å². The number of esters is 1. The highest BCUT2D eigenvalue weighted by Gasteiger charge is 2.42. The zero-order chi connectivity index (χ0) is 23.9. The van der Waals surface area contributed by atoms with Crippen molar-refractivity contribution in [3.8, 4) is 0 Å². The van der Waals surface area contributed by atoms with E-state index in [-0.39, 0.29) is 17.4 Å². The molecule has 2 atom stereocenters. The second kappa shape index (κ2) is 11.1. The smallest absolute Gasteiger partial charge is 0.407 e. The quantitative estimate of drug-likeness (QED) is 0.398. The molecule has 0 aliphatic rings. The van der Waals surface area contributed by atoms with Gasteiger partial charge in [-0.1, -0.05) is 51.1 Å². The van der Waals surface area contributed by atoms with Gasteiger partial charge < -0.3 is 19.2 Å². The first-order chi connectivity index (χ1) is 14.1. The monoisotopic (exact) mass is 451 g/mol. The molecule has 0 heterocycles. The van der Waals surface area contributed by atoms with Crippen LogP contribution in [0.4, 0.5) is 4.79 Å². The number of hydrogen-bond acceptors (Lipinski definition) is 5. The predicted octanol–water partition coefficient (Wildman–Crippen LogP) is 5.47. The first-order valence-corrected chi connectivity index (χ1v) is 13.9. The highest BCUT2D eigenvalue weighted by atomic mass is 28.4. The van der Waals surface area contributed by atoms with E-state index >= 15 is 0 Å². The molecule has 0 unspecified atom stereocenters. The van der Waals surface area contributed by atoms with E-state index in [0.29, 0.717) is 13.0 Å². The van der Waals surface area contributed by atoms with Crippen LogP contribution in [0.5, 0.6) is 0 Å². The summed E-state index contributed by atoms with van der Waals surface area (Å²) in [7, 11) is -2.24. The highest BCUT2D eigenvalue weighted by molar-refractivity contribution is 6.74. The number of rotatable bonds is 9. The van der Waals surface area contributed by atoms with Gasteiger partial charge in [-0.15, -0.1) is 0 Å². The predicted molar refractivity (Wildman–Crippen MR) is 127 cm³/mol. The van der Waals surface area contributed by atoms with Gasteiger partial charge in [0.1, 0.15) is 5.60 Å². The summed E-state index contributed by atoms with van der Waals surface area (Å²) in [5.74, 6) is -0.338. The molecule has 0 spiro atoms. The van der Waals surface area contributed by atoms with E-state index in [1.165, 1.54) is 0 Å². The normalized spacial score (nSPS) is 14.5. The third-order valence-electron chi connectivity index (χ3n) is 5.37. The largest absolute Gasteiger partial charge is 0.466 e. The lowest BCUT2D eigenvalue weighted by atomic mass is 9.99. The molecule has 0 saturated carbocycles. The molecule has 176 valence electrons. The Balaban J connectivity index is 3.25. The summed E-state index contributed by atoms with van der Waals surface area (Å²) in [6, 6.07) is 9.40. The van der Waals surface area contributed by atoms with Crippen LogP contribution in [-0.4, -0.2) is 44.7 Å². The van der Waals surface area contributed by atoms with Crippen molar-refractivity contribution in [1.82, 2.24) is 5.32 Å². The summed E-state index contributed by atoms with van der Waals surface area (Å²) in [6.07, 6.45) is -0.485. The topological polar surface area (TPSA) is 73.9 Å². The molecule has 0 fully saturated rings. The summed E-state index contributed by atoms with van der Waals surface area (Å²) in [6.45, 7) is 18.3. The third-order valence-corrected chi connectivity index (χ3v) is 9.88. The Labute approximate surface area is 189 Å². The molecule has 0 aliphatic carbocycles. The number of nitrogens with one attached hydrogen (secondary N) is 1. The van der Waals surface area contributed by atoms with Crippen LogP contribution in [0, 0.1) is 0 Å². The number of amides is 1. The molecule has 0 aromatic heterocycles. The van der Waals surface area contributed by atoms with Crippen LogP contribution in [0.2, 0.25) is 18.1 Å². The third kappa shape index (κ3) is 9.87. The van der Waals surface area contributed by atoms with E-state index in [0.717, 1.165) is 5.56 Å². The lowest BCUT2D eigenvalue weighted by molar-refractivity contribution is -0.145. The first-order valence-electron chi connectivity index (χ1n) is 11.0. The van der Waals surface area contributed by atoms with E-state index in [1.807, 2.05) is 51.1 Å². The van der Waals surface area contributed by atoms with Gasteiger partial charge in [0.15, 0.2) is 8.32 Å². The lowest BCUT2D eigenvalue weighted by Crippen LogP contribution is -2.54. The maximum Gasteiger partial charge on any atom is 0.407 e. The molecule has 31 heavy (non-hydrogen) atoms. The fourth-order valence-electron chi connectivity index (χ4n) is 2.81. The number of benzene rings is 1. The van der Waals surface area contributed by atoms with Gasteiger partial charge in [-0.25, -0.2) is 4.79 Å². The van der Waals surface area contributed by atoms with Gasteiger partial charge >= 0.3 is 12.1 Å². The molecule has 1 aromatic carbocycles. The number of hydrogen-bond donors (Lipinski definition) is 1. The molecule has 0 radical (unpaired) electrons. The van der Waals surface area contributed by atoms with Crippen molar-refractivity contribution in [2.24, 2.45) is 0 Å². The standard InChI is InChI=1S/C24H41NO5Si/c1-10-28-21(26)17-20(30-31(8,9)24(5,6)7)19(16-18-14-12-11-13-15-18)25-22(27)29-23(2,3)4/h11-15,19-20H,10,16-17H2,1-9H3,(H,25,27)/t19-,20-/m0/s1. The Kier molecular flexibility index (Phi) is 9.76. The Morgan fingerprint density at radius 3 is 2.10 bits per heavy atom. The van der Waals surface area contributed by atoms with Gasteiger partial charge in [-0.05, 0) is 57.8 Å². The Morgan fingerprint density at radius 2 is 1.61 bits per heavy atom. The molecule has 0 saturated heterocycles. The van der Waals surface area contributed by atoms with Crippen LogP contribution in [0.1, 0.15) is 60.5 Å². The second-order valence-corrected chi connectivity index (χ2v) is 15.1. The highest BCUT2D eigenvalue weighted by Crippen LogP contribution is 2.38. The van der Waals surface area contributed by atoms with E-state index in [4.69, 9.17) is 13.9 Å². The first kappa shape index (κ1) is 27.2. The van der Waals surface area contributed by atoms with Crippen molar-refractivity contribution in [3.63, 3.8) is 0 Å². The van der Waals surface area contributed by atoms with Crippen molar-refractivity contribution in [3.05, 3.63) is 35.9 Å². The summed E-state index contributed by atoms with van der Waals surface area (Å²) < 4.78 is 17.4. The number of ether oxygens (including phenoxy) is 2. The van der Waals surface area contributed by atoms with Gasteiger partial charge in [0.25, 0.3) is 0 Å². The fourth-order valence-corrected chi connectivity index (χ4v) is 4.17. The van der Waals surface area contributed by atoms with Crippen LogP contribution < -0.4 is 5.32 Å². The average molecular weight is 452 g/mol. The minimum absolute atomic E-state index is 0.0525. The van der Waals surface area contributed by atoms with E-state index < -0.39 is 32.2 Å². The minimum Gasteiger partial charge on any atom is -0.466 e. The van der Waals surface area contributed by atoms with Gasteiger partial charge in [-0.2, -0.15) is 0 Å². The Hall–Kier alpha value is -1.86. The molecule has 1 amide bonds. The number of carbonyl (C=O) groups is 2. The number of carbonyl (C=O) groups excluding carboxylic acids is 2. The Morgan fingerprint density at radius 1 is 1.03 bits per heavy atom. The number of alkyl carbamates (subject to hydrolysis) is 1. The lowest BCUT2D eigenvalue weighted by Gasteiger charge is -2.41. The molecule has 0 aliphatic heterocycles. The van der Waals surface area contributed by atoms with Crippen molar-refractivity contribution in [1.29, 1.82) is 0 Å². The summed E-state index contributed by atoms with van der Waals surface area (Å²) in [4.78, 5) is 25.1. The maximum atomic E-state index is 12.6. The molecule has 7 heteroatoms. The van der Waals surface area contributed by atoms with Crippen molar-refractivity contribution in [2.75, 3.05) is 6.61 Å². The molecule has 6 nitrogen and oxygen atoms in total. The zero-order valence-electron chi connectivity index (χ0n) is 20.7. The molecule has 1 N–H and O–H groups in total. The maximum absolute atomic E-state index is 12.6. The van der Waals surface area contributed by atoms with E-state index in [9.17, 15) is 9.59 Å². The minimum atomic E-state index is -2.24. The van der Waals surface area contributed by atoms with Crippen LogP contribution >= 0.6 is 0 Å². The van der Waals surface area contributed by atoms with E-state index in [1.54, 1.807) is 6.92 Å². The molecular weight excluding hydrogens is 410 g/mol. The van der Waals surface area contributed by atoms with Crippen molar-refractivity contribution in [2.45, 2.75) is 97.2 Å². The molecule has 1 rings (SSSR count). The fraction of sp³-hybridized carbons (Fsp3) is 0.667. The van der Waals surface area contributed by atoms with Crippen LogP contribution in [-0.2, 0) is 25.1 Å². The van der Waals surface area contributed by atoms with Crippen LogP contribution in [0.3, 0.4) is 0 Å². The van der Waals surface area contributed by atoms with Crippen LogP contribution in [0.25, 0.3) is 0 Å². The SMILES string of the molecule is CCOC(=O)C[C@H](O[Si](C)(C)C(C)(C)C)[C@H](Cc1ccccc1)NC(=O)OC(C)(C)C. The Bertz CT molecular complexity index is 707. The summed E-state index contributed by atoms with van der Waals surface area (Å²) in [5.41, 5.74) is 0.412. The zero-order valence-corrected chi connectivity index (χ0v) is 21.7. The summed E-state index contributed by atoms with van der Waals surface area (Å²) >= 11 is 0. The summed E-state index contributed by atoms with van der Waals surface area (Å²) in [5, 5.41) is 2.92. The van der Waals surface area contributed by atoms with Gasteiger partial charge in [0.2, 0.25) is 0 Å². The molecule has 0 bridgehead atoms. The molecule has 1 aromatic rings.